The van der Waals surface area contributed by atoms with Crippen molar-refractivity contribution in [3.05, 3.63) is 121 Å². The van der Waals surface area contributed by atoms with Gasteiger partial charge in [-0.3, -0.25) is 0 Å². The fourth-order valence-corrected chi connectivity index (χ4v) is 6.37. The molecule has 1 atom stereocenters. The number of para-hydroxylation sites is 2. The third-order valence-corrected chi connectivity index (χ3v) is 8.30. The summed E-state index contributed by atoms with van der Waals surface area (Å²) in [6, 6.07) is 35.0. The lowest BCUT2D eigenvalue weighted by atomic mass is 10.2. The van der Waals surface area contributed by atoms with E-state index in [9.17, 15) is 4.57 Å². The number of hydrogen-bond acceptors (Lipinski definition) is 8. The van der Waals surface area contributed by atoms with Crippen molar-refractivity contribution in [2.75, 3.05) is 12.4 Å². The summed E-state index contributed by atoms with van der Waals surface area (Å²) in [7, 11) is -2.36. The summed E-state index contributed by atoms with van der Waals surface area (Å²) in [4.78, 5) is 0. The first-order valence-electron chi connectivity index (χ1n) is 11.5. The lowest BCUT2D eigenvalue weighted by Crippen LogP contribution is -2.18. The van der Waals surface area contributed by atoms with Gasteiger partial charge in [-0.15, -0.1) is 10.2 Å². The number of rotatable bonds is 10. The van der Waals surface area contributed by atoms with Crippen LogP contribution in [0.15, 0.2) is 115 Å². The van der Waals surface area contributed by atoms with Crippen molar-refractivity contribution in [1.29, 1.82) is 0 Å². The zero-order valence-electron chi connectivity index (χ0n) is 19.9. The summed E-state index contributed by atoms with van der Waals surface area (Å²) in [5, 5.41) is 13.2. The van der Waals surface area contributed by atoms with Gasteiger partial charge in [0.05, 0.1) is 7.11 Å². The van der Waals surface area contributed by atoms with Crippen LogP contribution in [0.3, 0.4) is 0 Å². The molecule has 7 nitrogen and oxygen atoms in total. The second kappa shape index (κ2) is 11.3. The molecule has 0 aliphatic rings. The summed E-state index contributed by atoms with van der Waals surface area (Å²) >= 11 is 1.36. The maximum absolute atomic E-state index is 14.7. The molecule has 0 radical (unpaired) electrons. The second-order valence-corrected chi connectivity index (χ2v) is 10.9. The average Bonchev–Trinajstić information content (AvgIpc) is 3.42. The van der Waals surface area contributed by atoms with Crippen LogP contribution in [-0.2, 0) is 4.57 Å². The fraction of sp³-hybridized carbons (Fsp3) is 0.0714. The summed E-state index contributed by atoms with van der Waals surface area (Å²) < 4.78 is 32.3. The van der Waals surface area contributed by atoms with Crippen LogP contribution in [0, 0.1) is 0 Å². The largest absolute Gasteiger partial charge is 0.497 e. The Morgan fingerprint density at radius 1 is 0.703 bits per heavy atom. The third-order valence-electron chi connectivity index (χ3n) is 5.41. The Morgan fingerprint density at radius 3 is 1.78 bits per heavy atom. The van der Waals surface area contributed by atoms with E-state index in [1.165, 1.54) is 11.3 Å². The highest BCUT2D eigenvalue weighted by Crippen LogP contribution is 2.60. The lowest BCUT2D eigenvalue weighted by molar-refractivity contribution is 0.376. The molecule has 37 heavy (non-hydrogen) atoms. The molecule has 1 unspecified atom stereocenters. The van der Waals surface area contributed by atoms with Gasteiger partial charge < -0.3 is 19.1 Å². The maximum atomic E-state index is 14.7. The minimum absolute atomic E-state index is 0.421. The Balaban J connectivity index is 1.56. The van der Waals surface area contributed by atoms with Gasteiger partial charge in [0.25, 0.3) is 0 Å². The SMILES string of the molecule is COc1ccc(C(Nc2nnc(-c3ccccc3)s2)P(=O)(Oc2ccccc2)Oc2ccccc2)cc1. The van der Waals surface area contributed by atoms with Gasteiger partial charge in [-0.25, -0.2) is 4.57 Å². The molecule has 186 valence electrons. The van der Waals surface area contributed by atoms with Gasteiger partial charge in [-0.05, 0) is 42.0 Å². The van der Waals surface area contributed by atoms with Crippen LogP contribution in [0.1, 0.15) is 11.3 Å². The number of nitrogens with one attached hydrogen (secondary N) is 1. The van der Waals surface area contributed by atoms with Gasteiger partial charge in [-0.1, -0.05) is 90.2 Å². The number of methoxy groups -OCH3 is 1. The molecule has 0 saturated heterocycles. The van der Waals surface area contributed by atoms with Gasteiger partial charge in [0.15, 0.2) is 5.78 Å². The van der Waals surface area contributed by atoms with Gasteiger partial charge >= 0.3 is 7.60 Å². The molecule has 0 fully saturated rings. The molecule has 5 rings (SSSR count). The van der Waals surface area contributed by atoms with Crippen molar-refractivity contribution in [2.24, 2.45) is 0 Å². The molecule has 9 heteroatoms. The quantitative estimate of drug-likeness (QED) is 0.186. The number of hydrogen-bond donors (Lipinski definition) is 1. The zero-order valence-corrected chi connectivity index (χ0v) is 21.6. The predicted molar refractivity (Wildman–Crippen MR) is 146 cm³/mol. The number of anilines is 1. The lowest BCUT2D eigenvalue weighted by Gasteiger charge is -2.28. The first-order chi connectivity index (χ1) is 18.1. The van der Waals surface area contributed by atoms with E-state index in [0.717, 1.165) is 10.6 Å². The standard InChI is InChI=1S/C28H24N3O4PS/c1-33-23-19-17-21(18-20-23)26(29-28-31-30-27(37-28)22-11-5-2-6-12-22)36(32,34-24-13-7-3-8-14-24)35-25-15-9-4-10-16-25/h2-20,26H,1H3,(H,29,31). The number of aromatic nitrogens is 2. The van der Waals surface area contributed by atoms with Crippen LogP contribution in [-0.4, -0.2) is 17.3 Å². The highest BCUT2D eigenvalue weighted by molar-refractivity contribution is 7.55. The second-order valence-electron chi connectivity index (χ2n) is 7.95. The van der Waals surface area contributed by atoms with Crippen molar-refractivity contribution in [2.45, 2.75) is 5.78 Å². The summed E-state index contributed by atoms with van der Waals surface area (Å²) in [6.45, 7) is 0. The van der Waals surface area contributed by atoms with Gasteiger partial charge in [0.1, 0.15) is 22.3 Å². The molecule has 0 amide bonds. The van der Waals surface area contributed by atoms with E-state index in [4.69, 9.17) is 13.8 Å². The molecule has 4 aromatic carbocycles. The molecule has 0 spiro atoms. The first kappa shape index (κ1) is 24.6. The van der Waals surface area contributed by atoms with Crippen molar-refractivity contribution in [1.82, 2.24) is 10.2 Å². The highest BCUT2D eigenvalue weighted by Gasteiger charge is 2.41. The third kappa shape index (κ3) is 6.00. The van der Waals surface area contributed by atoms with Crippen LogP contribution in [0.4, 0.5) is 5.13 Å². The molecule has 0 aliphatic carbocycles. The van der Waals surface area contributed by atoms with Crippen molar-refractivity contribution in [3.63, 3.8) is 0 Å². The van der Waals surface area contributed by atoms with Crippen LogP contribution < -0.4 is 19.1 Å². The molecule has 0 aliphatic heterocycles. The molecular weight excluding hydrogens is 505 g/mol. The van der Waals surface area contributed by atoms with Crippen LogP contribution in [0.2, 0.25) is 0 Å². The number of ether oxygens (including phenoxy) is 1. The fourth-order valence-electron chi connectivity index (χ4n) is 3.61. The Kier molecular flexibility index (Phi) is 7.49. The summed E-state index contributed by atoms with van der Waals surface area (Å²) in [5.41, 5.74) is 1.62. The van der Waals surface area contributed by atoms with E-state index in [-0.39, 0.29) is 0 Å². The Labute approximate surface area is 219 Å². The first-order valence-corrected chi connectivity index (χ1v) is 13.9. The van der Waals surface area contributed by atoms with E-state index in [0.29, 0.717) is 27.9 Å². The minimum Gasteiger partial charge on any atom is -0.497 e. The highest BCUT2D eigenvalue weighted by atomic mass is 32.1. The molecule has 0 saturated carbocycles. The van der Waals surface area contributed by atoms with Gasteiger partial charge in [0, 0.05) is 5.56 Å². The van der Waals surface area contributed by atoms with Gasteiger partial charge in [0.2, 0.25) is 5.13 Å². The monoisotopic (exact) mass is 529 g/mol. The van der Waals surface area contributed by atoms with E-state index >= 15 is 0 Å². The maximum Gasteiger partial charge on any atom is 0.457 e. The number of benzene rings is 4. The topological polar surface area (TPSA) is 82.6 Å². The molecule has 1 N–H and O–H groups in total. The van der Waals surface area contributed by atoms with E-state index < -0.39 is 13.4 Å². The van der Waals surface area contributed by atoms with E-state index in [1.807, 2.05) is 78.9 Å². The summed E-state index contributed by atoms with van der Waals surface area (Å²) in [5.74, 6) is 0.608. The predicted octanol–water partition coefficient (Wildman–Crippen LogP) is 7.68. The molecule has 0 bridgehead atoms. The smallest absolute Gasteiger partial charge is 0.457 e. The van der Waals surface area contributed by atoms with Crippen molar-refractivity contribution < 1.29 is 18.3 Å². The van der Waals surface area contributed by atoms with E-state index in [1.54, 1.807) is 43.5 Å². The average molecular weight is 530 g/mol. The molecular formula is C28H24N3O4PS. The Bertz CT molecular complexity index is 1420. The normalized spacial score (nSPS) is 11.9. The number of nitrogens with zero attached hydrogens (tertiary/aromatic N) is 2. The van der Waals surface area contributed by atoms with Crippen molar-refractivity contribution >= 4 is 24.1 Å². The Hall–Kier alpha value is -4.13. The minimum atomic E-state index is -3.96. The molecule has 1 aromatic heterocycles. The van der Waals surface area contributed by atoms with Gasteiger partial charge in [-0.2, -0.15) is 0 Å². The van der Waals surface area contributed by atoms with Crippen LogP contribution >= 0.6 is 18.9 Å². The molecule has 1 heterocycles. The zero-order chi connectivity index (χ0) is 25.5. The summed E-state index contributed by atoms with van der Waals surface area (Å²) in [6.07, 6.45) is 0. The van der Waals surface area contributed by atoms with Crippen molar-refractivity contribution in [3.8, 4) is 27.8 Å². The van der Waals surface area contributed by atoms with Crippen LogP contribution in [0.5, 0.6) is 17.2 Å². The molecule has 5 aromatic rings. The Morgan fingerprint density at radius 2 is 1.24 bits per heavy atom. The van der Waals surface area contributed by atoms with Crippen LogP contribution in [0.25, 0.3) is 10.6 Å². The van der Waals surface area contributed by atoms with E-state index in [2.05, 4.69) is 15.5 Å².